The summed E-state index contributed by atoms with van der Waals surface area (Å²) in [6.45, 7) is 6.96. The molecule has 3 aromatic rings. The van der Waals surface area contributed by atoms with E-state index in [1.54, 1.807) is 0 Å². The third kappa shape index (κ3) is 3.39. The van der Waals surface area contributed by atoms with Crippen LogP contribution in [-0.4, -0.2) is 22.6 Å². The summed E-state index contributed by atoms with van der Waals surface area (Å²) in [6.07, 6.45) is 4.36. The molecule has 1 aliphatic rings. The summed E-state index contributed by atoms with van der Waals surface area (Å²) in [5.74, 6) is 0. The molecule has 1 saturated heterocycles. The lowest BCUT2D eigenvalue weighted by Crippen LogP contribution is -2.23. The molecule has 3 heteroatoms. The number of ether oxygens (including phenoxy) is 1. The molecule has 1 aromatic heterocycles. The number of aryl methyl sites for hydroxylation is 2. The Balaban J connectivity index is 1.56. The Morgan fingerprint density at radius 1 is 1.04 bits per heavy atom. The maximum absolute atomic E-state index is 6.05. The highest BCUT2D eigenvalue weighted by atomic mass is 16.5. The van der Waals surface area contributed by atoms with Gasteiger partial charge in [0.15, 0.2) is 0 Å². The van der Waals surface area contributed by atoms with Crippen molar-refractivity contribution in [1.82, 2.24) is 9.47 Å². The molecule has 2 aromatic carbocycles. The number of benzene rings is 2. The zero-order chi connectivity index (χ0) is 17.2. The van der Waals surface area contributed by atoms with Gasteiger partial charge in [0.25, 0.3) is 0 Å². The fraction of sp³-hybridized carbons (Fsp3) is 0.273. The standard InChI is InChI=1S/C22H24N2O/c1-17-6-5-8-19(14-17)15-24-12-13-25-22(24)20-10-11-23(16-20)21-9-4-3-7-18(21)2/h3-11,14,16,22H,12-13,15H2,1-2H3/t22-/m1/s1. The highest BCUT2D eigenvalue weighted by molar-refractivity contribution is 5.41. The van der Waals surface area contributed by atoms with Crippen molar-refractivity contribution in [1.29, 1.82) is 0 Å². The third-order valence-corrected chi connectivity index (χ3v) is 4.85. The van der Waals surface area contributed by atoms with E-state index in [1.807, 2.05) is 0 Å². The minimum absolute atomic E-state index is 0.0331. The molecule has 0 saturated carbocycles. The van der Waals surface area contributed by atoms with Gasteiger partial charge in [-0.05, 0) is 37.1 Å². The predicted molar refractivity (Wildman–Crippen MR) is 101 cm³/mol. The Hall–Kier alpha value is -2.36. The van der Waals surface area contributed by atoms with Crippen molar-refractivity contribution in [3.05, 3.63) is 89.2 Å². The molecule has 2 heterocycles. The monoisotopic (exact) mass is 332 g/mol. The summed E-state index contributed by atoms with van der Waals surface area (Å²) in [7, 11) is 0. The molecular formula is C22H24N2O. The van der Waals surface area contributed by atoms with Gasteiger partial charge in [0.05, 0.1) is 6.61 Å². The molecular weight excluding hydrogens is 308 g/mol. The summed E-state index contributed by atoms with van der Waals surface area (Å²) >= 11 is 0. The number of hydrogen-bond donors (Lipinski definition) is 0. The quantitative estimate of drug-likeness (QED) is 0.693. The van der Waals surface area contributed by atoms with E-state index in [0.29, 0.717) is 0 Å². The van der Waals surface area contributed by atoms with Gasteiger partial charge in [0.1, 0.15) is 6.23 Å². The third-order valence-electron chi connectivity index (χ3n) is 4.85. The summed E-state index contributed by atoms with van der Waals surface area (Å²) in [6, 6.07) is 19.4. The molecule has 0 unspecified atom stereocenters. The first-order valence-corrected chi connectivity index (χ1v) is 8.86. The molecule has 25 heavy (non-hydrogen) atoms. The molecule has 4 rings (SSSR count). The topological polar surface area (TPSA) is 17.4 Å². The minimum Gasteiger partial charge on any atom is -0.357 e. The highest BCUT2D eigenvalue weighted by Gasteiger charge is 2.27. The van der Waals surface area contributed by atoms with Crippen molar-refractivity contribution in [2.45, 2.75) is 26.6 Å². The van der Waals surface area contributed by atoms with E-state index in [-0.39, 0.29) is 6.23 Å². The fourth-order valence-corrected chi connectivity index (χ4v) is 3.58. The van der Waals surface area contributed by atoms with Gasteiger partial charge in [0, 0.05) is 36.7 Å². The largest absolute Gasteiger partial charge is 0.357 e. The van der Waals surface area contributed by atoms with Gasteiger partial charge < -0.3 is 9.30 Å². The van der Waals surface area contributed by atoms with Crippen LogP contribution in [0.25, 0.3) is 5.69 Å². The molecule has 0 bridgehead atoms. The van der Waals surface area contributed by atoms with E-state index < -0.39 is 0 Å². The maximum atomic E-state index is 6.05. The molecule has 1 fully saturated rings. The van der Waals surface area contributed by atoms with Crippen LogP contribution >= 0.6 is 0 Å². The zero-order valence-corrected chi connectivity index (χ0v) is 14.9. The first-order valence-electron chi connectivity index (χ1n) is 8.86. The van der Waals surface area contributed by atoms with Crippen LogP contribution in [0.1, 0.15) is 28.5 Å². The van der Waals surface area contributed by atoms with E-state index in [2.05, 4.69) is 90.3 Å². The molecule has 0 N–H and O–H groups in total. The van der Waals surface area contributed by atoms with Gasteiger partial charge in [-0.2, -0.15) is 0 Å². The molecule has 1 aliphatic heterocycles. The minimum atomic E-state index is 0.0331. The van der Waals surface area contributed by atoms with Crippen LogP contribution in [0.5, 0.6) is 0 Å². The van der Waals surface area contributed by atoms with Gasteiger partial charge in [-0.15, -0.1) is 0 Å². The summed E-state index contributed by atoms with van der Waals surface area (Å²) in [4.78, 5) is 2.41. The smallest absolute Gasteiger partial charge is 0.138 e. The van der Waals surface area contributed by atoms with Crippen LogP contribution in [0.15, 0.2) is 67.0 Å². The zero-order valence-electron chi connectivity index (χ0n) is 14.9. The number of rotatable bonds is 4. The number of nitrogens with zero attached hydrogens (tertiary/aromatic N) is 2. The highest BCUT2D eigenvalue weighted by Crippen LogP contribution is 2.30. The van der Waals surface area contributed by atoms with Crippen molar-refractivity contribution in [3.63, 3.8) is 0 Å². The molecule has 128 valence electrons. The second-order valence-corrected chi connectivity index (χ2v) is 6.82. The first kappa shape index (κ1) is 16.1. The Labute approximate surface area is 149 Å². The Morgan fingerprint density at radius 3 is 2.76 bits per heavy atom. The molecule has 0 spiro atoms. The van der Waals surface area contributed by atoms with Crippen LogP contribution in [0.4, 0.5) is 0 Å². The van der Waals surface area contributed by atoms with E-state index in [0.717, 1.165) is 19.7 Å². The van der Waals surface area contributed by atoms with Crippen molar-refractivity contribution in [2.24, 2.45) is 0 Å². The first-order chi connectivity index (χ1) is 12.2. The van der Waals surface area contributed by atoms with Gasteiger partial charge in [-0.25, -0.2) is 0 Å². The van der Waals surface area contributed by atoms with Gasteiger partial charge in [0.2, 0.25) is 0 Å². The van der Waals surface area contributed by atoms with Crippen LogP contribution in [0.2, 0.25) is 0 Å². The molecule has 3 nitrogen and oxygen atoms in total. The van der Waals surface area contributed by atoms with E-state index in [4.69, 9.17) is 4.74 Å². The molecule has 0 amide bonds. The van der Waals surface area contributed by atoms with Crippen LogP contribution < -0.4 is 0 Å². The summed E-state index contributed by atoms with van der Waals surface area (Å²) in [5, 5.41) is 0. The second kappa shape index (κ2) is 6.87. The number of para-hydroxylation sites is 1. The lowest BCUT2D eigenvalue weighted by Gasteiger charge is -2.22. The van der Waals surface area contributed by atoms with Crippen LogP contribution in [0.3, 0.4) is 0 Å². The van der Waals surface area contributed by atoms with Crippen molar-refractivity contribution in [3.8, 4) is 5.69 Å². The van der Waals surface area contributed by atoms with Gasteiger partial charge >= 0.3 is 0 Å². The van der Waals surface area contributed by atoms with Crippen molar-refractivity contribution >= 4 is 0 Å². The Bertz CT molecular complexity index is 868. The normalized spacial score (nSPS) is 17.9. The van der Waals surface area contributed by atoms with E-state index >= 15 is 0 Å². The fourth-order valence-electron chi connectivity index (χ4n) is 3.58. The Morgan fingerprint density at radius 2 is 1.92 bits per heavy atom. The Kier molecular flexibility index (Phi) is 4.43. The van der Waals surface area contributed by atoms with Crippen LogP contribution in [-0.2, 0) is 11.3 Å². The lowest BCUT2D eigenvalue weighted by atomic mass is 10.1. The van der Waals surface area contributed by atoms with Crippen molar-refractivity contribution < 1.29 is 4.74 Å². The summed E-state index contributed by atoms with van der Waals surface area (Å²) in [5.41, 5.74) is 6.35. The lowest BCUT2D eigenvalue weighted by molar-refractivity contribution is 0.0288. The molecule has 0 radical (unpaired) electrons. The molecule has 1 atom stereocenters. The summed E-state index contributed by atoms with van der Waals surface area (Å²) < 4.78 is 8.24. The number of aromatic nitrogens is 1. The second-order valence-electron chi connectivity index (χ2n) is 6.82. The SMILES string of the molecule is Cc1cccc(CN2CCO[C@@H]2c2ccn(-c3ccccc3C)c2)c1. The van der Waals surface area contributed by atoms with Gasteiger partial charge in [-0.3, -0.25) is 4.90 Å². The maximum Gasteiger partial charge on any atom is 0.138 e. The molecule has 0 aliphatic carbocycles. The number of hydrogen-bond acceptors (Lipinski definition) is 2. The van der Waals surface area contributed by atoms with Crippen LogP contribution in [0, 0.1) is 13.8 Å². The van der Waals surface area contributed by atoms with Gasteiger partial charge in [-0.1, -0.05) is 48.0 Å². The average Bonchev–Trinajstić information content (AvgIpc) is 3.24. The van der Waals surface area contributed by atoms with E-state index in [1.165, 1.54) is 27.9 Å². The van der Waals surface area contributed by atoms with E-state index in [9.17, 15) is 0 Å². The van der Waals surface area contributed by atoms with Crippen molar-refractivity contribution in [2.75, 3.05) is 13.2 Å². The average molecular weight is 332 g/mol. The predicted octanol–water partition coefficient (Wildman–Crippen LogP) is 4.63.